The molecule has 2 nitrogen and oxygen atoms in total. The Kier molecular flexibility index (Phi) is 3.38. The minimum atomic E-state index is -4.69. The minimum Gasteiger partial charge on any atom is -0.388 e. The van der Waals surface area contributed by atoms with Crippen LogP contribution in [0.3, 0.4) is 0 Å². The standard InChI is InChI=1S/C6H2BrF3INO/c7-3-1-2-4(12-5(3)11)13-6(8,9)10/h1-2H. The summed E-state index contributed by atoms with van der Waals surface area (Å²) in [5.74, 6) is -0.458. The Hall–Kier alpha value is -0.0500. The summed E-state index contributed by atoms with van der Waals surface area (Å²) in [7, 11) is 0. The highest BCUT2D eigenvalue weighted by Crippen LogP contribution is 2.24. The summed E-state index contributed by atoms with van der Waals surface area (Å²) >= 11 is 4.90. The normalized spacial score (nSPS) is 11.5. The van der Waals surface area contributed by atoms with Crippen molar-refractivity contribution in [2.75, 3.05) is 0 Å². The van der Waals surface area contributed by atoms with Gasteiger partial charge in [0.2, 0.25) is 5.88 Å². The molecule has 1 aromatic heterocycles. The minimum absolute atomic E-state index is 0.416. The van der Waals surface area contributed by atoms with E-state index in [4.69, 9.17) is 0 Å². The Labute approximate surface area is 93.8 Å². The summed E-state index contributed by atoms with van der Waals surface area (Å²) in [6.07, 6.45) is -4.69. The zero-order chi connectivity index (χ0) is 10.1. The van der Waals surface area contributed by atoms with E-state index in [2.05, 4.69) is 25.7 Å². The number of alkyl halides is 3. The van der Waals surface area contributed by atoms with E-state index in [1.54, 1.807) is 22.6 Å². The fraction of sp³-hybridized carbons (Fsp3) is 0.167. The van der Waals surface area contributed by atoms with Crippen molar-refractivity contribution in [2.24, 2.45) is 0 Å². The van der Waals surface area contributed by atoms with Gasteiger partial charge in [-0.25, -0.2) is 4.98 Å². The van der Waals surface area contributed by atoms with Crippen molar-refractivity contribution in [1.29, 1.82) is 0 Å². The molecular formula is C6H2BrF3INO. The number of pyridine rings is 1. The molecular weight excluding hydrogens is 366 g/mol. The first-order valence-electron chi connectivity index (χ1n) is 2.96. The highest BCUT2D eigenvalue weighted by atomic mass is 127. The van der Waals surface area contributed by atoms with Crippen LogP contribution in [-0.4, -0.2) is 11.3 Å². The lowest BCUT2D eigenvalue weighted by molar-refractivity contribution is -0.276. The molecule has 0 aliphatic rings. The third kappa shape index (κ3) is 3.67. The van der Waals surface area contributed by atoms with Crippen LogP contribution in [0.25, 0.3) is 0 Å². The molecule has 1 aromatic rings. The highest BCUT2D eigenvalue weighted by molar-refractivity contribution is 14.1. The molecule has 1 rings (SSSR count). The first-order valence-corrected chi connectivity index (χ1v) is 4.83. The molecule has 0 bridgehead atoms. The Bertz CT molecular complexity index is 317. The number of hydrogen-bond donors (Lipinski definition) is 0. The molecule has 0 saturated heterocycles. The van der Waals surface area contributed by atoms with Crippen LogP contribution in [0.1, 0.15) is 0 Å². The van der Waals surface area contributed by atoms with Gasteiger partial charge in [0.15, 0.2) is 0 Å². The van der Waals surface area contributed by atoms with Crippen LogP contribution in [0.15, 0.2) is 16.6 Å². The fourth-order valence-electron chi connectivity index (χ4n) is 0.576. The third-order valence-electron chi connectivity index (χ3n) is 0.998. The lowest BCUT2D eigenvalue weighted by Gasteiger charge is -2.07. The van der Waals surface area contributed by atoms with Gasteiger partial charge in [-0.05, 0) is 44.6 Å². The average Bonchev–Trinajstić information content (AvgIpc) is 1.94. The predicted molar refractivity (Wildman–Crippen MR) is 51.3 cm³/mol. The summed E-state index contributed by atoms with van der Waals surface area (Å²) in [4.78, 5) is 3.56. The first kappa shape index (κ1) is 11.0. The van der Waals surface area contributed by atoms with Crippen molar-refractivity contribution in [3.63, 3.8) is 0 Å². The predicted octanol–water partition coefficient (Wildman–Crippen LogP) is 3.35. The second-order valence-electron chi connectivity index (χ2n) is 1.97. The monoisotopic (exact) mass is 367 g/mol. The summed E-state index contributed by atoms with van der Waals surface area (Å²) in [6, 6.07) is 2.58. The van der Waals surface area contributed by atoms with Gasteiger partial charge < -0.3 is 4.74 Å². The number of aromatic nitrogens is 1. The molecule has 0 unspecified atom stereocenters. The maximum Gasteiger partial charge on any atom is 0.574 e. The maximum atomic E-state index is 11.7. The summed E-state index contributed by atoms with van der Waals surface area (Å²) in [5.41, 5.74) is 0. The van der Waals surface area contributed by atoms with Gasteiger partial charge in [0.1, 0.15) is 3.70 Å². The third-order valence-corrected chi connectivity index (χ3v) is 3.20. The maximum absolute atomic E-state index is 11.7. The number of nitrogens with zero attached hydrogens (tertiary/aromatic N) is 1. The molecule has 13 heavy (non-hydrogen) atoms. The molecule has 0 fully saturated rings. The molecule has 1 heterocycles. The number of halogens is 5. The quantitative estimate of drug-likeness (QED) is 0.561. The Morgan fingerprint density at radius 3 is 2.46 bits per heavy atom. The van der Waals surface area contributed by atoms with E-state index in [0.717, 1.165) is 6.07 Å². The lowest BCUT2D eigenvalue weighted by Crippen LogP contribution is -2.18. The van der Waals surface area contributed by atoms with Gasteiger partial charge in [-0.1, -0.05) is 0 Å². The number of rotatable bonds is 1. The SMILES string of the molecule is FC(F)(F)Oc1ccc(Br)c(I)n1. The van der Waals surface area contributed by atoms with Crippen molar-refractivity contribution in [1.82, 2.24) is 4.98 Å². The molecule has 0 amide bonds. The van der Waals surface area contributed by atoms with E-state index in [-0.39, 0.29) is 0 Å². The Morgan fingerprint density at radius 1 is 1.38 bits per heavy atom. The highest BCUT2D eigenvalue weighted by Gasteiger charge is 2.31. The van der Waals surface area contributed by atoms with Crippen molar-refractivity contribution >= 4 is 38.5 Å². The van der Waals surface area contributed by atoms with Crippen LogP contribution < -0.4 is 4.74 Å². The molecule has 0 aliphatic carbocycles. The molecule has 0 aromatic carbocycles. The van der Waals surface area contributed by atoms with E-state index in [1.807, 2.05) is 0 Å². The molecule has 7 heteroatoms. The van der Waals surface area contributed by atoms with Gasteiger partial charge in [-0.15, -0.1) is 13.2 Å². The van der Waals surface area contributed by atoms with E-state index in [1.165, 1.54) is 6.07 Å². The van der Waals surface area contributed by atoms with Crippen molar-refractivity contribution < 1.29 is 17.9 Å². The van der Waals surface area contributed by atoms with E-state index < -0.39 is 12.2 Å². The topological polar surface area (TPSA) is 22.1 Å². The van der Waals surface area contributed by atoms with Gasteiger partial charge >= 0.3 is 6.36 Å². The van der Waals surface area contributed by atoms with Crippen LogP contribution in [0.4, 0.5) is 13.2 Å². The largest absolute Gasteiger partial charge is 0.574 e. The molecule has 0 saturated carbocycles. The second-order valence-corrected chi connectivity index (χ2v) is 3.85. The summed E-state index contributed by atoms with van der Waals surface area (Å²) < 4.78 is 39.7. The summed E-state index contributed by atoms with van der Waals surface area (Å²) in [5, 5.41) is 0. The van der Waals surface area contributed by atoms with Gasteiger partial charge in [0.25, 0.3) is 0 Å². The van der Waals surface area contributed by atoms with E-state index in [0.29, 0.717) is 8.17 Å². The lowest BCUT2D eigenvalue weighted by atomic mass is 10.5. The van der Waals surface area contributed by atoms with Crippen LogP contribution in [-0.2, 0) is 0 Å². The smallest absolute Gasteiger partial charge is 0.388 e. The van der Waals surface area contributed by atoms with Crippen LogP contribution in [0.5, 0.6) is 5.88 Å². The zero-order valence-electron chi connectivity index (χ0n) is 5.90. The van der Waals surface area contributed by atoms with Crippen molar-refractivity contribution in [3.05, 3.63) is 20.3 Å². The van der Waals surface area contributed by atoms with Gasteiger partial charge in [0, 0.05) is 10.5 Å². The van der Waals surface area contributed by atoms with Crippen LogP contribution in [0, 0.1) is 3.70 Å². The zero-order valence-corrected chi connectivity index (χ0v) is 9.64. The summed E-state index contributed by atoms with van der Waals surface area (Å²) in [6.45, 7) is 0. The van der Waals surface area contributed by atoms with Gasteiger partial charge in [-0.2, -0.15) is 0 Å². The second kappa shape index (κ2) is 3.99. The molecule has 0 spiro atoms. The Balaban J connectivity index is 2.86. The Morgan fingerprint density at radius 2 is 2.00 bits per heavy atom. The molecule has 0 aliphatic heterocycles. The molecule has 0 atom stereocenters. The van der Waals surface area contributed by atoms with Gasteiger partial charge in [0.05, 0.1) is 0 Å². The van der Waals surface area contributed by atoms with Crippen LogP contribution in [0.2, 0.25) is 0 Å². The average molecular weight is 368 g/mol. The molecule has 0 radical (unpaired) electrons. The first-order chi connectivity index (χ1) is 5.88. The number of hydrogen-bond acceptors (Lipinski definition) is 2. The van der Waals surface area contributed by atoms with Crippen LogP contribution >= 0.6 is 38.5 Å². The number of ether oxygens (including phenoxy) is 1. The molecule has 72 valence electrons. The van der Waals surface area contributed by atoms with Crippen molar-refractivity contribution in [3.8, 4) is 5.88 Å². The van der Waals surface area contributed by atoms with E-state index in [9.17, 15) is 13.2 Å². The van der Waals surface area contributed by atoms with E-state index >= 15 is 0 Å². The van der Waals surface area contributed by atoms with Crippen molar-refractivity contribution in [2.45, 2.75) is 6.36 Å². The molecule has 0 N–H and O–H groups in total. The fourth-order valence-corrected chi connectivity index (χ4v) is 1.21. The van der Waals surface area contributed by atoms with Gasteiger partial charge in [-0.3, -0.25) is 0 Å².